The van der Waals surface area contributed by atoms with E-state index in [1.54, 1.807) is 0 Å². The van der Waals surface area contributed by atoms with Crippen LogP contribution in [0, 0.1) is 0 Å². The number of hydrogen-bond donors (Lipinski definition) is 0. The minimum absolute atomic E-state index is 0.764. The van der Waals surface area contributed by atoms with E-state index in [0.29, 0.717) is 0 Å². The summed E-state index contributed by atoms with van der Waals surface area (Å²) in [7, 11) is -2.42. The first kappa shape index (κ1) is 11.9. The molecule has 0 aliphatic carbocycles. The molecule has 1 nitrogen and oxygen atoms in total. The summed E-state index contributed by atoms with van der Waals surface area (Å²) in [6, 6.07) is 22.5. The number of fused-ring (bicyclic) bond motifs is 3. The van der Waals surface area contributed by atoms with E-state index in [0.717, 1.165) is 23.2 Å². The molecule has 1 unspecified atom stereocenters. The first-order valence-electron chi connectivity index (χ1n) is 6.95. The summed E-state index contributed by atoms with van der Waals surface area (Å²) in [5, 5.41) is 4.57. The van der Waals surface area contributed by atoms with Crippen LogP contribution in [-0.2, 0) is 11.0 Å². The molecule has 4 rings (SSSR count). The third-order valence-electron chi connectivity index (χ3n) is 4.25. The normalized spacial score (nSPS) is 21.0. The third kappa shape index (κ3) is 1.60. The van der Waals surface area contributed by atoms with Crippen LogP contribution in [0.15, 0.2) is 66.7 Å². The lowest BCUT2D eigenvalue weighted by atomic mass is 10.0. The van der Waals surface area contributed by atoms with Gasteiger partial charge in [-0.25, -0.2) is 0 Å². The van der Waals surface area contributed by atoms with Gasteiger partial charge in [0.1, 0.15) is 7.14 Å². The van der Waals surface area contributed by atoms with Gasteiger partial charge < -0.3 is 4.57 Å². The van der Waals surface area contributed by atoms with E-state index >= 15 is 0 Å². The Labute approximate surface area is 118 Å². The highest BCUT2D eigenvalue weighted by Gasteiger charge is 2.35. The zero-order valence-corrected chi connectivity index (χ0v) is 12.0. The molecule has 0 aromatic heterocycles. The van der Waals surface area contributed by atoms with Gasteiger partial charge in [-0.3, -0.25) is 0 Å². The van der Waals surface area contributed by atoms with E-state index in [-0.39, 0.29) is 0 Å². The monoisotopic (exact) mass is 278 g/mol. The molecule has 0 N–H and O–H groups in total. The van der Waals surface area contributed by atoms with E-state index in [1.165, 1.54) is 16.3 Å². The summed E-state index contributed by atoms with van der Waals surface area (Å²) in [6.45, 7) is 0. The predicted molar refractivity (Wildman–Crippen MR) is 85.8 cm³/mol. The van der Waals surface area contributed by atoms with Gasteiger partial charge in [0, 0.05) is 16.8 Å². The quantitative estimate of drug-likeness (QED) is 0.620. The molecule has 0 radical (unpaired) electrons. The van der Waals surface area contributed by atoms with Gasteiger partial charge in [0.05, 0.1) is 0 Å². The fraction of sp³-hybridized carbons (Fsp3) is 0.111. The molecule has 1 aliphatic heterocycles. The lowest BCUT2D eigenvalue weighted by Crippen LogP contribution is -2.14. The maximum absolute atomic E-state index is 13.5. The van der Waals surface area contributed by atoms with Crippen molar-refractivity contribution in [2.75, 3.05) is 6.16 Å². The van der Waals surface area contributed by atoms with Crippen LogP contribution in [-0.4, -0.2) is 6.16 Å². The molecule has 0 fully saturated rings. The molecule has 98 valence electrons. The fourth-order valence-corrected chi connectivity index (χ4v) is 6.21. The molecule has 0 bridgehead atoms. The van der Waals surface area contributed by atoms with E-state index in [2.05, 4.69) is 36.4 Å². The number of benzene rings is 3. The van der Waals surface area contributed by atoms with E-state index < -0.39 is 7.14 Å². The highest BCUT2D eigenvalue weighted by Crippen LogP contribution is 2.50. The van der Waals surface area contributed by atoms with Gasteiger partial charge in [0.25, 0.3) is 0 Å². The van der Waals surface area contributed by atoms with Crippen molar-refractivity contribution in [1.82, 2.24) is 0 Å². The first-order chi connectivity index (χ1) is 9.79. The molecule has 1 heterocycles. The Morgan fingerprint density at radius 3 is 2.40 bits per heavy atom. The molecule has 20 heavy (non-hydrogen) atoms. The molecule has 0 amide bonds. The minimum Gasteiger partial charge on any atom is -0.314 e. The Kier molecular flexibility index (Phi) is 2.58. The van der Waals surface area contributed by atoms with Crippen molar-refractivity contribution in [3.05, 3.63) is 72.3 Å². The number of rotatable bonds is 1. The van der Waals surface area contributed by atoms with Crippen LogP contribution < -0.4 is 10.6 Å². The smallest absolute Gasteiger partial charge is 0.143 e. The lowest BCUT2D eigenvalue weighted by molar-refractivity contribution is 0.588. The largest absolute Gasteiger partial charge is 0.314 e. The molecule has 0 saturated carbocycles. The maximum atomic E-state index is 13.5. The van der Waals surface area contributed by atoms with Gasteiger partial charge in [-0.15, -0.1) is 0 Å². The van der Waals surface area contributed by atoms with Crippen molar-refractivity contribution in [3.63, 3.8) is 0 Å². The standard InChI is InChI=1S/C18H15OP/c19-20(15-7-2-1-3-8-15)13-12-17-16-9-5-4-6-14(16)10-11-18(17)20/h1-11H,12-13H2. The highest BCUT2D eigenvalue weighted by molar-refractivity contribution is 7.79. The molecule has 2 heteroatoms. The molecular weight excluding hydrogens is 263 g/mol. The molecule has 1 atom stereocenters. The Bertz CT molecular complexity index is 836. The van der Waals surface area contributed by atoms with Gasteiger partial charge >= 0.3 is 0 Å². The lowest BCUT2D eigenvalue weighted by Gasteiger charge is -2.14. The van der Waals surface area contributed by atoms with Crippen molar-refractivity contribution in [2.24, 2.45) is 0 Å². The van der Waals surface area contributed by atoms with Gasteiger partial charge in [-0.05, 0) is 22.8 Å². The van der Waals surface area contributed by atoms with Gasteiger partial charge in [0.2, 0.25) is 0 Å². The summed E-state index contributed by atoms with van der Waals surface area (Å²) in [5.74, 6) is 0. The third-order valence-corrected chi connectivity index (χ3v) is 7.44. The van der Waals surface area contributed by atoms with Crippen LogP contribution in [0.5, 0.6) is 0 Å². The minimum atomic E-state index is -2.42. The van der Waals surface area contributed by atoms with Crippen molar-refractivity contribution < 1.29 is 4.57 Å². The summed E-state index contributed by atoms with van der Waals surface area (Å²) in [6.07, 6.45) is 1.68. The van der Waals surface area contributed by atoms with Crippen LogP contribution in [0.3, 0.4) is 0 Å². The van der Waals surface area contributed by atoms with Crippen molar-refractivity contribution in [1.29, 1.82) is 0 Å². The molecule has 0 spiro atoms. The van der Waals surface area contributed by atoms with Crippen LogP contribution in [0.2, 0.25) is 0 Å². The second-order valence-electron chi connectivity index (χ2n) is 5.33. The summed E-state index contributed by atoms with van der Waals surface area (Å²) >= 11 is 0. The van der Waals surface area contributed by atoms with Crippen molar-refractivity contribution >= 4 is 28.5 Å². The SMILES string of the molecule is O=P1(c2ccccc2)CCc2c1ccc1ccccc21. The van der Waals surface area contributed by atoms with E-state index in [1.807, 2.05) is 30.3 Å². The average Bonchev–Trinajstić information content (AvgIpc) is 2.87. The van der Waals surface area contributed by atoms with Crippen LogP contribution in [0.4, 0.5) is 0 Å². The summed E-state index contributed by atoms with van der Waals surface area (Å²) in [4.78, 5) is 0. The molecule has 0 saturated heterocycles. The Hall–Kier alpha value is -1.85. The Balaban J connectivity index is 2.00. The number of hydrogen-bond acceptors (Lipinski definition) is 1. The van der Waals surface area contributed by atoms with E-state index in [4.69, 9.17) is 0 Å². The first-order valence-corrected chi connectivity index (χ1v) is 8.84. The van der Waals surface area contributed by atoms with E-state index in [9.17, 15) is 4.57 Å². The van der Waals surface area contributed by atoms with Crippen LogP contribution >= 0.6 is 7.14 Å². The van der Waals surface area contributed by atoms with Gasteiger partial charge in [0.15, 0.2) is 0 Å². The van der Waals surface area contributed by atoms with Crippen molar-refractivity contribution in [3.8, 4) is 0 Å². The average molecular weight is 278 g/mol. The molecule has 3 aromatic carbocycles. The van der Waals surface area contributed by atoms with Crippen LogP contribution in [0.1, 0.15) is 5.56 Å². The predicted octanol–water partition coefficient (Wildman–Crippen LogP) is 3.71. The second-order valence-corrected chi connectivity index (χ2v) is 8.26. The van der Waals surface area contributed by atoms with Crippen molar-refractivity contribution in [2.45, 2.75) is 6.42 Å². The topological polar surface area (TPSA) is 17.1 Å². The fourth-order valence-electron chi connectivity index (χ4n) is 3.25. The summed E-state index contributed by atoms with van der Waals surface area (Å²) in [5.41, 5.74) is 1.29. The van der Waals surface area contributed by atoms with Crippen LogP contribution in [0.25, 0.3) is 10.8 Å². The molecular formula is C18H15OP. The Morgan fingerprint density at radius 1 is 0.800 bits per heavy atom. The van der Waals surface area contributed by atoms with Gasteiger partial charge in [-0.1, -0.05) is 66.7 Å². The Morgan fingerprint density at radius 2 is 1.55 bits per heavy atom. The zero-order valence-electron chi connectivity index (χ0n) is 11.1. The zero-order chi connectivity index (χ0) is 13.6. The number of aryl methyl sites for hydroxylation is 1. The highest BCUT2D eigenvalue weighted by atomic mass is 31.2. The molecule has 3 aromatic rings. The molecule has 1 aliphatic rings. The maximum Gasteiger partial charge on any atom is 0.143 e. The van der Waals surface area contributed by atoms with Gasteiger partial charge in [-0.2, -0.15) is 0 Å². The second kappa shape index (κ2) is 4.33. The summed E-state index contributed by atoms with van der Waals surface area (Å²) < 4.78 is 13.5.